The smallest absolute Gasteiger partial charge is 0.293 e. The fourth-order valence-electron chi connectivity index (χ4n) is 3.88. The van der Waals surface area contributed by atoms with Crippen molar-refractivity contribution in [2.75, 3.05) is 20.7 Å². The van der Waals surface area contributed by atoms with Crippen LogP contribution in [0.4, 0.5) is 0 Å². The van der Waals surface area contributed by atoms with Crippen molar-refractivity contribution in [1.29, 1.82) is 0 Å². The first-order valence-electron chi connectivity index (χ1n) is 8.84. The molecule has 1 aliphatic rings. The van der Waals surface area contributed by atoms with E-state index < -0.39 is 0 Å². The van der Waals surface area contributed by atoms with Crippen molar-refractivity contribution in [1.82, 2.24) is 9.47 Å². The molecule has 0 spiro atoms. The minimum Gasteiger partial charge on any atom is -0.491 e. The van der Waals surface area contributed by atoms with E-state index >= 15 is 0 Å². The number of ether oxygens (including phenoxy) is 1. The largest absolute Gasteiger partial charge is 0.491 e. The first-order valence-corrected chi connectivity index (χ1v) is 8.84. The molecule has 2 aromatic rings. The standard InChI is InChI=1S/C21H26N2O3/c1-20(2)14-21(20,16-9-6-5-7-10-16)15-22(3)18(24)13-23-12-8-11-17(26-4)19(23)25/h5-12H,13-15H2,1-4H3/t21-/m0/s1. The summed E-state index contributed by atoms with van der Waals surface area (Å²) in [5, 5.41) is 0. The number of benzene rings is 1. The predicted octanol–water partition coefficient (Wildman–Crippen LogP) is 2.68. The maximum absolute atomic E-state index is 12.7. The molecule has 5 nitrogen and oxygen atoms in total. The number of likely N-dealkylation sites (N-methyl/N-ethyl adjacent to an activating group) is 1. The molecule has 26 heavy (non-hydrogen) atoms. The van der Waals surface area contributed by atoms with Gasteiger partial charge in [-0.15, -0.1) is 0 Å². The van der Waals surface area contributed by atoms with E-state index in [0.29, 0.717) is 6.54 Å². The van der Waals surface area contributed by atoms with E-state index in [2.05, 4.69) is 26.0 Å². The summed E-state index contributed by atoms with van der Waals surface area (Å²) >= 11 is 0. The first kappa shape index (κ1) is 18.2. The Hall–Kier alpha value is -2.56. The molecule has 0 unspecified atom stereocenters. The number of pyridine rings is 1. The van der Waals surface area contributed by atoms with E-state index in [1.165, 1.54) is 17.2 Å². The lowest BCUT2D eigenvalue weighted by molar-refractivity contribution is -0.131. The number of carbonyl (C=O) groups excluding carboxylic acids is 1. The monoisotopic (exact) mass is 354 g/mol. The van der Waals surface area contributed by atoms with E-state index in [-0.39, 0.29) is 34.6 Å². The fraction of sp³-hybridized carbons (Fsp3) is 0.429. The second kappa shape index (κ2) is 6.63. The van der Waals surface area contributed by atoms with Crippen molar-refractivity contribution in [3.63, 3.8) is 0 Å². The minimum atomic E-state index is -0.290. The maximum atomic E-state index is 12.7. The van der Waals surface area contributed by atoms with Crippen LogP contribution in [0.2, 0.25) is 0 Å². The molecular formula is C21H26N2O3. The molecule has 0 aliphatic heterocycles. The Morgan fingerprint density at radius 1 is 1.19 bits per heavy atom. The number of nitrogens with zero attached hydrogens (tertiary/aromatic N) is 2. The van der Waals surface area contributed by atoms with Gasteiger partial charge in [-0.3, -0.25) is 9.59 Å². The van der Waals surface area contributed by atoms with Crippen LogP contribution < -0.4 is 10.3 Å². The molecule has 1 aromatic carbocycles. The molecule has 1 aromatic heterocycles. The SMILES string of the molecule is COc1cccn(CC(=O)N(C)C[C@]2(c3ccccc3)CC2(C)C)c1=O. The molecule has 1 amide bonds. The predicted molar refractivity (Wildman–Crippen MR) is 101 cm³/mol. The zero-order valence-electron chi connectivity index (χ0n) is 15.9. The van der Waals surface area contributed by atoms with Gasteiger partial charge in [-0.2, -0.15) is 0 Å². The number of hydrogen-bond donors (Lipinski definition) is 0. The topological polar surface area (TPSA) is 51.5 Å². The van der Waals surface area contributed by atoms with Crippen LogP contribution in [0.15, 0.2) is 53.5 Å². The van der Waals surface area contributed by atoms with Gasteiger partial charge < -0.3 is 14.2 Å². The van der Waals surface area contributed by atoms with Gasteiger partial charge >= 0.3 is 0 Å². The Kier molecular flexibility index (Phi) is 4.65. The highest BCUT2D eigenvalue weighted by atomic mass is 16.5. The lowest BCUT2D eigenvalue weighted by Crippen LogP contribution is -2.39. The molecule has 0 radical (unpaired) electrons. The Labute approximate surface area is 154 Å². The number of rotatable bonds is 6. The lowest BCUT2D eigenvalue weighted by atomic mass is 9.87. The quantitative estimate of drug-likeness (QED) is 0.801. The van der Waals surface area contributed by atoms with E-state index in [1.54, 1.807) is 23.2 Å². The summed E-state index contributed by atoms with van der Waals surface area (Å²) in [5.74, 6) is 0.158. The third kappa shape index (κ3) is 3.14. The van der Waals surface area contributed by atoms with E-state index in [1.807, 2.05) is 25.2 Å². The van der Waals surface area contributed by atoms with Gasteiger partial charge in [-0.05, 0) is 29.5 Å². The van der Waals surface area contributed by atoms with Gasteiger partial charge in [-0.25, -0.2) is 0 Å². The van der Waals surface area contributed by atoms with Crippen LogP contribution in [0.3, 0.4) is 0 Å². The Morgan fingerprint density at radius 3 is 2.42 bits per heavy atom. The van der Waals surface area contributed by atoms with Crippen LogP contribution in [-0.2, 0) is 16.8 Å². The van der Waals surface area contributed by atoms with E-state index in [9.17, 15) is 9.59 Å². The average molecular weight is 354 g/mol. The second-order valence-corrected chi connectivity index (χ2v) is 7.77. The highest BCUT2D eigenvalue weighted by Gasteiger charge is 2.62. The molecule has 0 saturated heterocycles. The lowest BCUT2D eigenvalue weighted by Gasteiger charge is -2.28. The van der Waals surface area contributed by atoms with Crippen molar-refractivity contribution in [3.05, 3.63) is 64.6 Å². The van der Waals surface area contributed by atoms with Crippen LogP contribution >= 0.6 is 0 Å². The van der Waals surface area contributed by atoms with Gasteiger partial charge in [0.15, 0.2) is 5.75 Å². The fourth-order valence-corrected chi connectivity index (χ4v) is 3.88. The summed E-state index contributed by atoms with van der Waals surface area (Å²) < 4.78 is 6.44. The summed E-state index contributed by atoms with van der Waals surface area (Å²) in [6, 6.07) is 13.7. The summed E-state index contributed by atoms with van der Waals surface area (Å²) in [6.45, 7) is 5.13. The van der Waals surface area contributed by atoms with Gasteiger partial charge in [-0.1, -0.05) is 44.2 Å². The highest BCUT2D eigenvalue weighted by Crippen LogP contribution is 2.64. The average Bonchev–Trinajstić information content (AvgIpc) is 3.19. The van der Waals surface area contributed by atoms with Crippen molar-refractivity contribution in [2.24, 2.45) is 5.41 Å². The molecule has 5 heteroatoms. The number of aromatic nitrogens is 1. The Morgan fingerprint density at radius 2 is 1.85 bits per heavy atom. The molecule has 0 bridgehead atoms. The molecule has 138 valence electrons. The summed E-state index contributed by atoms with van der Waals surface area (Å²) in [7, 11) is 3.26. The van der Waals surface area contributed by atoms with Gasteiger partial charge in [0.05, 0.1) is 7.11 Å². The number of amides is 1. The normalized spacial score (nSPS) is 20.5. The minimum absolute atomic E-state index is 0.0117. The number of methoxy groups -OCH3 is 1. The van der Waals surface area contributed by atoms with Crippen LogP contribution in [-0.4, -0.2) is 36.1 Å². The molecule has 1 saturated carbocycles. The van der Waals surface area contributed by atoms with E-state index in [0.717, 1.165) is 6.42 Å². The van der Waals surface area contributed by atoms with Crippen molar-refractivity contribution < 1.29 is 9.53 Å². The third-order valence-corrected chi connectivity index (χ3v) is 5.68. The number of carbonyl (C=O) groups is 1. The van der Waals surface area contributed by atoms with Gasteiger partial charge in [0.25, 0.3) is 5.56 Å². The van der Waals surface area contributed by atoms with E-state index in [4.69, 9.17) is 4.74 Å². The molecule has 0 N–H and O–H groups in total. The van der Waals surface area contributed by atoms with Crippen LogP contribution in [0, 0.1) is 5.41 Å². The van der Waals surface area contributed by atoms with Gasteiger partial charge in [0.1, 0.15) is 6.54 Å². The zero-order chi connectivity index (χ0) is 18.9. The molecule has 1 aliphatic carbocycles. The summed E-state index contributed by atoms with van der Waals surface area (Å²) in [4.78, 5) is 26.7. The first-order chi connectivity index (χ1) is 12.3. The maximum Gasteiger partial charge on any atom is 0.293 e. The highest BCUT2D eigenvalue weighted by molar-refractivity contribution is 5.76. The van der Waals surface area contributed by atoms with Gasteiger partial charge in [0.2, 0.25) is 5.91 Å². The molecule has 1 atom stereocenters. The van der Waals surface area contributed by atoms with Crippen LogP contribution in [0.25, 0.3) is 0 Å². The molecule has 1 fully saturated rings. The van der Waals surface area contributed by atoms with Crippen LogP contribution in [0.5, 0.6) is 5.75 Å². The Balaban J connectivity index is 1.76. The zero-order valence-corrected chi connectivity index (χ0v) is 15.9. The second-order valence-electron chi connectivity index (χ2n) is 7.77. The third-order valence-electron chi connectivity index (χ3n) is 5.68. The van der Waals surface area contributed by atoms with Gasteiger partial charge in [0, 0.05) is 25.2 Å². The number of hydrogen-bond acceptors (Lipinski definition) is 3. The summed E-state index contributed by atoms with van der Waals surface area (Å²) in [5.41, 5.74) is 1.10. The molecule has 1 heterocycles. The van der Waals surface area contributed by atoms with Crippen LogP contribution in [0.1, 0.15) is 25.8 Å². The Bertz CT molecular complexity index is 857. The molecular weight excluding hydrogens is 328 g/mol. The van der Waals surface area contributed by atoms with Crippen molar-refractivity contribution in [2.45, 2.75) is 32.2 Å². The van der Waals surface area contributed by atoms with Crippen molar-refractivity contribution in [3.8, 4) is 5.75 Å². The summed E-state index contributed by atoms with van der Waals surface area (Å²) in [6.07, 6.45) is 2.66. The van der Waals surface area contributed by atoms with Crippen molar-refractivity contribution >= 4 is 5.91 Å². The molecule has 3 rings (SSSR count).